The van der Waals surface area contributed by atoms with Crippen LogP contribution in [0.4, 0.5) is 0 Å². The summed E-state index contributed by atoms with van der Waals surface area (Å²) >= 11 is 0. The zero-order chi connectivity index (χ0) is 39.8. The molecule has 0 aliphatic carbocycles. The van der Waals surface area contributed by atoms with Crippen molar-refractivity contribution < 1.29 is 0 Å². The summed E-state index contributed by atoms with van der Waals surface area (Å²) in [6.07, 6.45) is 0. The van der Waals surface area contributed by atoms with E-state index in [1.807, 2.05) is 0 Å². The van der Waals surface area contributed by atoms with Crippen LogP contribution in [0.2, 0.25) is 0 Å². The molecular formula is C53H45N5. The second-order valence-electron chi connectivity index (χ2n) is 17.4. The van der Waals surface area contributed by atoms with Crippen molar-refractivity contribution in [3.63, 3.8) is 0 Å². The predicted octanol–water partition coefficient (Wildman–Crippen LogP) is 13.7. The summed E-state index contributed by atoms with van der Waals surface area (Å²) in [6, 6.07) is 58.7. The van der Waals surface area contributed by atoms with Crippen LogP contribution in [0, 0.1) is 0 Å². The van der Waals surface area contributed by atoms with E-state index >= 15 is 0 Å². The summed E-state index contributed by atoms with van der Waals surface area (Å²) in [6.45, 7) is 13.4. The summed E-state index contributed by atoms with van der Waals surface area (Å²) in [5.74, 6) is 1.89. The van der Waals surface area contributed by atoms with Crippen LogP contribution < -0.4 is 0 Å². The second-order valence-corrected chi connectivity index (χ2v) is 17.4. The van der Waals surface area contributed by atoms with Gasteiger partial charge in [-0.05, 0) is 64.4 Å². The van der Waals surface area contributed by atoms with Crippen LogP contribution >= 0.6 is 0 Å². The summed E-state index contributed by atoms with van der Waals surface area (Å²) in [7, 11) is 0. The van der Waals surface area contributed by atoms with Gasteiger partial charge in [-0.25, -0.2) is 15.0 Å². The molecule has 0 N–H and O–H groups in total. The number of hydrogen-bond acceptors (Lipinski definition) is 3. The molecule has 10 aromatic rings. The maximum atomic E-state index is 5.40. The minimum Gasteiger partial charge on any atom is -0.309 e. The number of fused-ring (bicyclic) bond motifs is 6. The Labute approximate surface area is 339 Å². The van der Waals surface area contributed by atoms with Crippen molar-refractivity contribution >= 4 is 43.6 Å². The van der Waals surface area contributed by atoms with Crippen LogP contribution in [0.25, 0.3) is 89.2 Å². The first-order valence-corrected chi connectivity index (χ1v) is 20.1. The highest BCUT2D eigenvalue weighted by atomic mass is 15.1. The van der Waals surface area contributed by atoms with Crippen molar-refractivity contribution in [2.75, 3.05) is 0 Å². The molecule has 3 heterocycles. The van der Waals surface area contributed by atoms with Crippen molar-refractivity contribution in [1.82, 2.24) is 24.1 Å². The Balaban J connectivity index is 1.32. The molecule has 0 atom stereocenters. The largest absolute Gasteiger partial charge is 0.309 e. The van der Waals surface area contributed by atoms with E-state index < -0.39 is 0 Å². The van der Waals surface area contributed by atoms with Crippen molar-refractivity contribution in [2.24, 2.45) is 0 Å². The third kappa shape index (κ3) is 5.97. The van der Waals surface area contributed by atoms with Gasteiger partial charge in [0.05, 0.1) is 27.8 Å². The highest BCUT2D eigenvalue weighted by molar-refractivity contribution is 6.13. The van der Waals surface area contributed by atoms with Crippen LogP contribution in [0.1, 0.15) is 52.7 Å². The first-order valence-electron chi connectivity index (χ1n) is 20.1. The maximum absolute atomic E-state index is 5.40. The number of rotatable bonds is 5. The lowest BCUT2D eigenvalue weighted by Crippen LogP contribution is -2.11. The van der Waals surface area contributed by atoms with Crippen LogP contribution in [0.15, 0.2) is 164 Å². The van der Waals surface area contributed by atoms with E-state index in [0.717, 1.165) is 55.5 Å². The normalized spacial score (nSPS) is 12.3. The molecule has 0 bridgehead atoms. The first-order chi connectivity index (χ1) is 28.0. The van der Waals surface area contributed by atoms with Crippen molar-refractivity contribution in [3.05, 3.63) is 175 Å². The molecule has 0 spiro atoms. The average Bonchev–Trinajstić information content (AvgIpc) is 3.75. The smallest absolute Gasteiger partial charge is 0.166 e. The highest BCUT2D eigenvalue weighted by Crippen LogP contribution is 2.42. The lowest BCUT2D eigenvalue weighted by Gasteiger charge is -2.20. The van der Waals surface area contributed by atoms with Crippen LogP contribution in [-0.4, -0.2) is 24.1 Å². The molecule has 0 radical (unpaired) electrons. The van der Waals surface area contributed by atoms with Gasteiger partial charge in [0.2, 0.25) is 0 Å². The topological polar surface area (TPSA) is 48.5 Å². The second kappa shape index (κ2) is 13.4. The standard InChI is InChI=1S/C53H45N5/c1-52(2,3)36-28-24-34(25-29-36)49-54-50(35-26-30-37(31-27-35)53(4,5)6)56-51(55-49)43-33-47-42(41-20-12-13-21-44(41)57(47)38-16-8-7-9-17-38)32-48(43)58-45-22-14-10-18-39(45)40-19-11-15-23-46(40)58/h7-33H,1-6H3. The zero-order valence-corrected chi connectivity index (χ0v) is 33.8. The van der Waals surface area contributed by atoms with Gasteiger partial charge in [0.15, 0.2) is 17.5 Å². The molecule has 0 aliphatic heterocycles. The molecule has 5 nitrogen and oxygen atoms in total. The lowest BCUT2D eigenvalue weighted by molar-refractivity contribution is 0.590. The third-order valence-electron chi connectivity index (χ3n) is 11.5. The molecule has 282 valence electrons. The molecule has 0 unspecified atom stereocenters. The van der Waals surface area contributed by atoms with Gasteiger partial charge >= 0.3 is 0 Å². The van der Waals surface area contributed by atoms with Gasteiger partial charge in [-0.3, -0.25) is 0 Å². The fourth-order valence-electron chi connectivity index (χ4n) is 8.40. The zero-order valence-electron chi connectivity index (χ0n) is 33.8. The fraction of sp³-hybridized carbons (Fsp3) is 0.151. The van der Waals surface area contributed by atoms with Gasteiger partial charge in [-0.15, -0.1) is 0 Å². The van der Waals surface area contributed by atoms with Gasteiger partial charge in [0.1, 0.15) is 0 Å². The van der Waals surface area contributed by atoms with E-state index in [1.54, 1.807) is 0 Å². The summed E-state index contributed by atoms with van der Waals surface area (Å²) < 4.78 is 4.76. The Hall–Kier alpha value is -6.85. The summed E-state index contributed by atoms with van der Waals surface area (Å²) in [5, 5.41) is 4.74. The molecule has 0 amide bonds. The van der Waals surface area contributed by atoms with Gasteiger partial charge < -0.3 is 9.13 Å². The van der Waals surface area contributed by atoms with Gasteiger partial charge in [0.25, 0.3) is 0 Å². The number of hydrogen-bond donors (Lipinski definition) is 0. The number of para-hydroxylation sites is 4. The molecule has 0 saturated heterocycles. The van der Waals surface area contributed by atoms with Crippen LogP contribution in [0.5, 0.6) is 0 Å². The molecule has 3 aromatic heterocycles. The molecular weight excluding hydrogens is 707 g/mol. The maximum Gasteiger partial charge on any atom is 0.166 e. The third-order valence-corrected chi connectivity index (χ3v) is 11.5. The molecule has 0 fully saturated rings. The van der Waals surface area contributed by atoms with Crippen molar-refractivity contribution in [1.29, 1.82) is 0 Å². The van der Waals surface area contributed by atoms with E-state index in [9.17, 15) is 0 Å². The van der Waals surface area contributed by atoms with Gasteiger partial charge in [-0.1, -0.05) is 163 Å². The van der Waals surface area contributed by atoms with Crippen molar-refractivity contribution in [2.45, 2.75) is 52.4 Å². The summed E-state index contributed by atoms with van der Waals surface area (Å²) in [5.41, 5.74) is 12.0. The van der Waals surface area contributed by atoms with Gasteiger partial charge in [0, 0.05) is 43.9 Å². The summed E-state index contributed by atoms with van der Waals surface area (Å²) in [4.78, 5) is 16.0. The Morgan fingerprint density at radius 2 is 0.776 bits per heavy atom. The minimum absolute atomic E-state index is 0.0204. The fourth-order valence-corrected chi connectivity index (χ4v) is 8.40. The number of aromatic nitrogens is 5. The Kier molecular flexibility index (Phi) is 8.20. The molecule has 0 saturated carbocycles. The van der Waals surface area contributed by atoms with E-state index in [4.69, 9.17) is 15.0 Å². The predicted molar refractivity (Wildman–Crippen MR) is 242 cm³/mol. The number of nitrogens with zero attached hydrogens (tertiary/aromatic N) is 5. The SMILES string of the molecule is CC(C)(C)c1ccc(-c2nc(-c3ccc(C(C)(C)C)cc3)nc(-c3cc4c(cc3-n3c5ccccc5c5ccccc53)c3ccccc3n4-c3ccccc3)n2)cc1. The minimum atomic E-state index is 0.0204. The Morgan fingerprint density at radius 3 is 1.26 bits per heavy atom. The highest BCUT2D eigenvalue weighted by Gasteiger charge is 2.24. The monoisotopic (exact) mass is 751 g/mol. The Bertz CT molecular complexity index is 3030. The quantitative estimate of drug-likeness (QED) is 0.176. The molecule has 58 heavy (non-hydrogen) atoms. The van der Waals surface area contributed by atoms with E-state index in [1.165, 1.54) is 27.3 Å². The number of benzene rings is 7. The first kappa shape index (κ1) is 35.6. The van der Waals surface area contributed by atoms with Gasteiger partial charge in [-0.2, -0.15) is 0 Å². The molecule has 10 rings (SSSR count). The van der Waals surface area contributed by atoms with E-state index in [0.29, 0.717) is 17.5 Å². The lowest BCUT2D eigenvalue weighted by atomic mass is 9.86. The Morgan fingerprint density at radius 1 is 0.362 bits per heavy atom. The van der Waals surface area contributed by atoms with Crippen molar-refractivity contribution in [3.8, 4) is 45.5 Å². The average molecular weight is 752 g/mol. The van der Waals surface area contributed by atoms with Crippen LogP contribution in [-0.2, 0) is 10.8 Å². The van der Waals surface area contributed by atoms with E-state index in [-0.39, 0.29) is 10.8 Å². The van der Waals surface area contributed by atoms with Crippen LogP contribution in [0.3, 0.4) is 0 Å². The molecule has 5 heteroatoms. The molecule has 7 aromatic carbocycles. The van der Waals surface area contributed by atoms with E-state index in [2.05, 4.69) is 214 Å². The molecule has 0 aliphatic rings.